The predicted octanol–water partition coefficient (Wildman–Crippen LogP) is 6.43. The Morgan fingerprint density at radius 2 is 1.39 bits per heavy atom. The van der Waals surface area contributed by atoms with Crippen LogP contribution in [0.15, 0.2) is 121 Å². The van der Waals surface area contributed by atoms with E-state index in [2.05, 4.69) is 5.32 Å². The second kappa shape index (κ2) is 10.2. The van der Waals surface area contributed by atoms with Gasteiger partial charge in [-0.05, 0) is 41.5 Å². The fourth-order valence-corrected chi connectivity index (χ4v) is 4.72. The van der Waals surface area contributed by atoms with E-state index in [0.29, 0.717) is 16.3 Å². The third-order valence-corrected chi connectivity index (χ3v) is 6.65. The molecule has 0 aliphatic carbocycles. The van der Waals surface area contributed by atoms with Crippen LogP contribution in [0.4, 0.5) is 0 Å². The van der Waals surface area contributed by atoms with E-state index in [1.54, 1.807) is 36.4 Å². The Morgan fingerprint density at radius 3 is 2.03 bits per heavy atom. The molecule has 1 N–H and O–H groups in total. The highest BCUT2D eigenvalue weighted by Crippen LogP contribution is 2.41. The highest BCUT2D eigenvalue weighted by molar-refractivity contribution is 6.30. The number of ether oxygens (including phenoxy) is 1. The van der Waals surface area contributed by atoms with Gasteiger partial charge in [0.1, 0.15) is 5.76 Å². The summed E-state index contributed by atoms with van der Waals surface area (Å²) in [5, 5.41) is 3.68. The van der Waals surface area contributed by atoms with Gasteiger partial charge in [-0.3, -0.25) is 4.79 Å². The summed E-state index contributed by atoms with van der Waals surface area (Å²) in [5.41, 5.74) is 1.60. The van der Waals surface area contributed by atoms with Gasteiger partial charge in [0, 0.05) is 28.5 Å². The summed E-state index contributed by atoms with van der Waals surface area (Å²) in [5.74, 6) is -0.923. The average molecular weight is 494 g/mol. The van der Waals surface area contributed by atoms with E-state index in [0.717, 1.165) is 16.7 Å². The number of esters is 1. The molecule has 0 radical (unpaired) electrons. The summed E-state index contributed by atoms with van der Waals surface area (Å²) in [6.07, 6.45) is 2.17. The van der Waals surface area contributed by atoms with E-state index in [4.69, 9.17) is 16.3 Å². The molecule has 178 valence electrons. The second-order valence-corrected chi connectivity index (χ2v) is 9.21. The molecule has 5 rings (SSSR count). The number of amides is 1. The molecule has 0 saturated carbocycles. The van der Waals surface area contributed by atoms with Crippen molar-refractivity contribution in [2.45, 2.75) is 17.9 Å². The number of nitrogens with one attached hydrogen (secondary N) is 1. The Hall–Kier alpha value is -4.15. The van der Waals surface area contributed by atoms with Crippen LogP contribution in [0.5, 0.6) is 0 Å². The molecule has 0 aromatic heterocycles. The summed E-state index contributed by atoms with van der Waals surface area (Å²) in [6, 6.07) is 35.4. The quantitative estimate of drug-likeness (QED) is 0.315. The Labute approximate surface area is 215 Å². The fourth-order valence-electron chi connectivity index (χ4n) is 4.59. The van der Waals surface area contributed by atoms with Crippen LogP contribution < -0.4 is 5.32 Å². The van der Waals surface area contributed by atoms with E-state index in [-0.39, 0.29) is 12.3 Å². The van der Waals surface area contributed by atoms with Gasteiger partial charge in [-0.25, -0.2) is 4.79 Å². The van der Waals surface area contributed by atoms with E-state index in [9.17, 15) is 9.59 Å². The molecular formula is C31H24ClNO3. The van der Waals surface area contributed by atoms with Crippen molar-refractivity contribution >= 4 is 29.2 Å². The maximum absolute atomic E-state index is 14.0. The molecule has 4 nitrogen and oxygen atoms in total. The monoisotopic (exact) mass is 493 g/mol. The van der Waals surface area contributed by atoms with Crippen molar-refractivity contribution in [2.75, 3.05) is 0 Å². The molecule has 1 aliphatic rings. The number of halogens is 1. The maximum atomic E-state index is 14.0. The van der Waals surface area contributed by atoms with Crippen molar-refractivity contribution in [3.63, 3.8) is 0 Å². The zero-order valence-electron chi connectivity index (χ0n) is 19.4. The van der Waals surface area contributed by atoms with Gasteiger partial charge in [-0.1, -0.05) is 103 Å². The topological polar surface area (TPSA) is 55.4 Å². The van der Waals surface area contributed by atoms with Crippen LogP contribution in [0.2, 0.25) is 5.02 Å². The van der Waals surface area contributed by atoms with Crippen LogP contribution in [0, 0.1) is 0 Å². The lowest BCUT2D eigenvalue weighted by Gasteiger charge is -2.41. The zero-order valence-corrected chi connectivity index (χ0v) is 20.2. The molecule has 4 aromatic carbocycles. The van der Waals surface area contributed by atoms with Gasteiger partial charge in [0.2, 0.25) is 0 Å². The van der Waals surface area contributed by atoms with E-state index < -0.39 is 17.4 Å². The minimum atomic E-state index is -1.39. The lowest BCUT2D eigenvalue weighted by Crippen LogP contribution is -2.61. The highest BCUT2D eigenvalue weighted by atomic mass is 35.5. The Kier molecular flexibility index (Phi) is 6.70. The number of cyclic esters (lactones) is 1. The van der Waals surface area contributed by atoms with Crippen LogP contribution in [-0.4, -0.2) is 17.4 Å². The number of hydrogen-bond donors (Lipinski definition) is 1. The first-order valence-corrected chi connectivity index (χ1v) is 12.1. The molecule has 1 heterocycles. The van der Waals surface area contributed by atoms with Gasteiger partial charge in [-0.15, -0.1) is 0 Å². The van der Waals surface area contributed by atoms with Gasteiger partial charge < -0.3 is 10.1 Å². The molecule has 0 spiro atoms. The SMILES string of the molecule is O=C(N[C@]1(Cc2ccccc2)C(=O)OC(c2ccccc2)=C[C@@H]1c1ccc(Cl)cc1)c1ccccc1. The molecule has 2 atom stereocenters. The minimum absolute atomic E-state index is 0.247. The molecule has 36 heavy (non-hydrogen) atoms. The molecule has 1 amide bonds. The third-order valence-electron chi connectivity index (χ3n) is 6.40. The van der Waals surface area contributed by atoms with Crippen LogP contribution in [0.25, 0.3) is 5.76 Å². The summed E-state index contributed by atoms with van der Waals surface area (Å²) in [4.78, 5) is 27.5. The van der Waals surface area contributed by atoms with Crippen LogP contribution in [0.3, 0.4) is 0 Å². The van der Waals surface area contributed by atoms with Gasteiger partial charge in [0.15, 0.2) is 5.54 Å². The largest absolute Gasteiger partial charge is 0.424 e. The van der Waals surface area contributed by atoms with Gasteiger partial charge >= 0.3 is 5.97 Å². The van der Waals surface area contributed by atoms with Crippen molar-refractivity contribution in [1.29, 1.82) is 0 Å². The number of carbonyl (C=O) groups is 2. The van der Waals surface area contributed by atoms with Gasteiger partial charge in [0.25, 0.3) is 5.91 Å². The van der Waals surface area contributed by atoms with Gasteiger partial charge in [0.05, 0.1) is 0 Å². The normalized spacial score (nSPS) is 19.2. The van der Waals surface area contributed by atoms with E-state index in [1.165, 1.54) is 0 Å². The summed E-state index contributed by atoms with van der Waals surface area (Å²) < 4.78 is 5.95. The lowest BCUT2D eigenvalue weighted by atomic mass is 9.73. The number of hydrogen-bond acceptors (Lipinski definition) is 3. The molecule has 5 heteroatoms. The Bertz CT molecular complexity index is 1390. The number of carbonyl (C=O) groups excluding carboxylic acids is 2. The molecule has 0 saturated heterocycles. The first kappa shape index (κ1) is 23.6. The summed E-state index contributed by atoms with van der Waals surface area (Å²) >= 11 is 6.19. The minimum Gasteiger partial charge on any atom is -0.424 e. The van der Waals surface area contributed by atoms with E-state index in [1.807, 2.05) is 84.9 Å². The fraction of sp³-hybridized carbons (Fsp3) is 0.0968. The standard InChI is InChI=1S/C31H24ClNO3/c32-26-18-16-23(17-19-26)27-20-28(24-12-6-2-7-13-24)36-30(35)31(27,21-22-10-4-1-5-11-22)33-29(34)25-14-8-3-9-15-25/h1-20,27H,21H2,(H,33,34)/t27-,31+/m1/s1. The number of rotatable bonds is 6. The van der Waals surface area contributed by atoms with Crippen molar-refractivity contribution in [1.82, 2.24) is 5.32 Å². The van der Waals surface area contributed by atoms with Crippen molar-refractivity contribution < 1.29 is 14.3 Å². The van der Waals surface area contributed by atoms with Crippen LogP contribution in [0.1, 0.15) is 33.0 Å². The second-order valence-electron chi connectivity index (χ2n) is 8.77. The van der Waals surface area contributed by atoms with Crippen molar-refractivity contribution in [2.24, 2.45) is 0 Å². The third kappa shape index (κ3) is 4.81. The summed E-state index contributed by atoms with van der Waals surface area (Å²) in [7, 11) is 0. The molecule has 0 unspecified atom stereocenters. The first-order valence-electron chi connectivity index (χ1n) is 11.7. The first-order chi connectivity index (χ1) is 17.5. The Morgan fingerprint density at radius 1 is 0.806 bits per heavy atom. The molecule has 4 aromatic rings. The molecule has 1 aliphatic heterocycles. The molecule has 0 bridgehead atoms. The smallest absolute Gasteiger partial charge is 0.338 e. The maximum Gasteiger partial charge on any atom is 0.338 e. The zero-order chi connectivity index (χ0) is 25.0. The Balaban J connectivity index is 1.68. The van der Waals surface area contributed by atoms with Crippen LogP contribution >= 0.6 is 11.6 Å². The van der Waals surface area contributed by atoms with Crippen molar-refractivity contribution in [3.8, 4) is 0 Å². The number of benzene rings is 4. The van der Waals surface area contributed by atoms with Crippen molar-refractivity contribution in [3.05, 3.63) is 149 Å². The van der Waals surface area contributed by atoms with Gasteiger partial charge in [-0.2, -0.15) is 0 Å². The highest BCUT2D eigenvalue weighted by Gasteiger charge is 2.51. The summed E-state index contributed by atoms with van der Waals surface area (Å²) in [6.45, 7) is 0. The molecular weight excluding hydrogens is 470 g/mol. The van der Waals surface area contributed by atoms with E-state index >= 15 is 0 Å². The molecule has 0 fully saturated rings. The average Bonchev–Trinajstić information content (AvgIpc) is 2.92. The van der Waals surface area contributed by atoms with Crippen LogP contribution in [-0.2, 0) is 16.0 Å². The predicted molar refractivity (Wildman–Crippen MR) is 141 cm³/mol. The lowest BCUT2D eigenvalue weighted by molar-refractivity contribution is -0.145.